The third-order valence-electron chi connectivity index (χ3n) is 4.25. The molecule has 1 atom stereocenters. The molecule has 22 heavy (non-hydrogen) atoms. The molecule has 1 fully saturated rings. The predicted octanol–water partition coefficient (Wildman–Crippen LogP) is 3.43. The molecule has 3 aromatic rings. The van der Waals surface area contributed by atoms with Crippen molar-refractivity contribution in [2.45, 2.75) is 25.4 Å². The van der Waals surface area contributed by atoms with Gasteiger partial charge in [-0.2, -0.15) is 0 Å². The van der Waals surface area contributed by atoms with Gasteiger partial charge in [0.2, 0.25) is 5.91 Å². The molecule has 1 amide bonds. The molecule has 0 saturated carbocycles. The summed E-state index contributed by atoms with van der Waals surface area (Å²) in [5, 5.41) is 0. The summed E-state index contributed by atoms with van der Waals surface area (Å²) in [5.74, 6) is 1.09. The molecule has 4 rings (SSSR count). The summed E-state index contributed by atoms with van der Waals surface area (Å²) >= 11 is 0. The van der Waals surface area contributed by atoms with Crippen LogP contribution in [0.3, 0.4) is 0 Å². The van der Waals surface area contributed by atoms with Crippen molar-refractivity contribution in [1.29, 1.82) is 0 Å². The summed E-state index contributed by atoms with van der Waals surface area (Å²) in [4.78, 5) is 22.2. The second kappa shape index (κ2) is 5.30. The number of carbonyl (C=O) groups excluding carboxylic acids is 1. The normalized spacial score (nSPS) is 18.3. The van der Waals surface area contributed by atoms with Gasteiger partial charge >= 0.3 is 0 Å². The molecule has 0 bridgehead atoms. The summed E-state index contributed by atoms with van der Waals surface area (Å²) < 4.78 is 0. The molecule has 0 radical (unpaired) electrons. The summed E-state index contributed by atoms with van der Waals surface area (Å²) in [5.41, 5.74) is 3.13. The Hall–Kier alpha value is -2.62. The molecule has 2 heterocycles. The first-order chi connectivity index (χ1) is 10.8. The first kappa shape index (κ1) is 13.1. The molecule has 0 spiro atoms. The van der Waals surface area contributed by atoms with Crippen LogP contribution < -0.4 is 0 Å². The van der Waals surface area contributed by atoms with Crippen LogP contribution in [0.5, 0.6) is 0 Å². The summed E-state index contributed by atoms with van der Waals surface area (Å²) in [6.07, 6.45) is 1.42. The topological polar surface area (TPSA) is 49.0 Å². The van der Waals surface area contributed by atoms with Crippen molar-refractivity contribution in [3.05, 3.63) is 66.0 Å². The van der Waals surface area contributed by atoms with Crippen molar-refractivity contribution in [3.63, 3.8) is 0 Å². The van der Waals surface area contributed by atoms with Crippen molar-refractivity contribution < 1.29 is 4.79 Å². The van der Waals surface area contributed by atoms with Crippen LogP contribution in [0.25, 0.3) is 11.0 Å². The van der Waals surface area contributed by atoms with Gasteiger partial charge < -0.3 is 9.88 Å². The third kappa shape index (κ3) is 2.26. The monoisotopic (exact) mass is 291 g/mol. The van der Waals surface area contributed by atoms with E-state index < -0.39 is 0 Å². The zero-order valence-corrected chi connectivity index (χ0v) is 12.2. The van der Waals surface area contributed by atoms with Gasteiger partial charge in [-0.15, -0.1) is 0 Å². The highest BCUT2D eigenvalue weighted by Gasteiger charge is 2.33. The van der Waals surface area contributed by atoms with Gasteiger partial charge in [0.15, 0.2) is 0 Å². The van der Waals surface area contributed by atoms with Gasteiger partial charge in [-0.3, -0.25) is 4.79 Å². The molecule has 0 unspecified atom stereocenters. The Morgan fingerprint density at radius 1 is 1.09 bits per heavy atom. The molecular formula is C18H17N3O. The number of benzene rings is 2. The molecule has 1 saturated heterocycles. The van der Waals surface area contributed by atoms with Crippen LogP contribution in [-0.2, 0) is 11.3 Å². The Labute approximate surface area is 128 Å². The minimum atomic E-state index is 0.0418. The van der Waals surface area contributed by atoms with Crippen LogP contribution in [0.1, 0.15) is 30.3 Å². The molecule has 1 N–H and O–H groups in total. The molecule has 110 valence electrons. The Morgan fingerprint density at radius 3 is 2.68 bits per heavy atom. The van der Waals surface area contributed by atoms with Crippen molar-refractivity contribution in [2.24, 2.45) is 0 Å². The number of amides is 1. The van der Waals surface area contributed by atoms with E-state index in [0.29, 0.717) is 13.0 Å². The molecule has 1 aliphatic heterocycles. The molecule has 0 aliphatic carbocycles. The second-order valence-corrected chi connectivity index (χ2v) is 5.70. The van der Waals surface area contributed by atoms with E-state index in [1.54, 1.807) is 0 Å². The molecule has 1 aliphatic rings. The van der Waals surface area contributed by atoms with E-state index in [1.807, 2.05) is 47.4 Å². The molecular weight excluding hydrogens is 274 g/mol. The number of hydrogen-bond acceptors (Lipinski definition) is 2. The van der Waals surface area contributed by atoms with E-state index in [4.69, 9.17) is 0 Å². The van der Waals surface area contributed by atoms with Crippen LogP contribution in [0.4, 0.5) is 0 Å². The standard InChI is InChI=1S/C18H17N3O/c22-17-11-10-16(21(17)12-13-6-2-1-3-7-13)18-19-14-8-4-5-9-15(14)20-18/h1-9,16H,10-12H2,(H,19,20)/t16-/m1/s1. The lowest BCUT2D eigenvalue weighted by Crippen LogP contribution is -2.27. The number of H-pyrrole nitrogens is 1. The number of nitrogens with zero attached hydrogens (tertiary/aromatic N) is 2. The SMILES string of the molecule is O=C1CC[C@H](c2nc3ccccc3[nH]2)N1Cc1ccccc1. The zero-order valence-electron chi connectivity index (χ0n) is 12.2. The number of aromatic nitrogens is 2. The lowest BCUT2D eigenvalue weighted by Gasteiger charge is -2.23. The third-order valence-corrected chi connectivity index (χ3v) is 4.25. The Morgan fingerprint density at radius 2 is 1.86 bits per heavy atom. The average Bonchev–Trinajstić information content (AvgIpc) is 3.12. The number of likely N-dealkylation sites (tertiary alicyclic amines) is 1. The number of imidazole rings is 1. The number of nitrogens with one attached hydrogen (secondary N) is 1. The highest BCUT2D eigenvalue weighted by molar-refractivity contribution is 5.80. The first-order valence-corrected chi connectivity index (χ1v) is 7.59. The van der Waals surface area contributed by atoms with E-state index in [2.05, 4.69) is 22.1 Å². The van der Waals surface area contributed by atoms with Gasteiger partial charge in [0.25, 0.3) is 0 Å². The fraction of sp³-hybridized carbons (Fsp3) is 0.222. The largest absolute Gasteiger partial charge is 0.340 e. The van der Waals surface area contributed by atoms with Crippen LogP contribution in [-0.4, -0.2) is 20.8 Å². The molecule has 4 nitrogen and oxygen atoms in total. The Balaban J connectivity index is 1.66. The van der Waals surface area contributed by atoms with Gasteiger partial charge in [-0.25, -0.2) is 4.98 Å². The second-order valence-electron chi connectivity index (χ2n) is 5.70. The Kier molecular flexibility index (Phi) is 3.15. The minimum Gasteiger partial charge on any atom is -0.340 e. The van der Waals surface area contributed by atoms with Gasteiger partial charge in [0.1, 0.15) is 5.82 Å². The number of aromatic amines is 1. The molecule has 4 heteroatoms. The lowest BCUT2D eigenvalue weighted by molar-refractivity contribution is -0.129. The maximum absolute atomic E-state index is 12.3. The molecule has 1 aromatic heterocycles. The fourth-order valence-corrected chi connectivity index (χ4v) is 3.13. The van der Waals surface area contributed by atoms with Crippen LogP contribution in [0.2, 0.25) is 0 Å². The van der Waals surface area contributed by atoms with Gasteiger partial charge in [-0.05, 0) is 24.1 Å². The van der Waals surface area contributed by atoms with Crippen molar-refractivity contribution in [2.75, 3.05) is 0 Å². The number of hydrogen-bond donors (Lipinski definition) is 1. The van der Waals surface area contributed by atoms with Crippen LogP contribution in [0.15, 0.2) is 54.6 Å². The smallest absolute Gasteiger partial charge is 0.223 e. The van der Waals surface area contributed by atoms with Crippen LogP contribution in [0, 0.1) is 0 Å². The number of para-hydroxylation sites is 2. The highest BCUT2D eigenvalue weighted by Crippen LogP contribution is 2.33. The zero-order chi connectivity index (χ0) is 14.9. The fourth-order valence-electron chi connectivity index (χ4n) is 3.13. The van der Waals surface area contributed by atoms with E-state index in [0.717, 1.165) is 28.8 Å². The van der Waals surface area contributed by atoms with E-state index in [1.165, 1.54) is 0 Å². The maximum atomic E-state index is 12.3. The van der Waals surface area contributed by atoms with Gasteiger partial charge in [0, 0.05) is 13.0 Å². The van der Waals surface area contributed by atoms with E-state index >= 15 is 0 Å². The van der Waals surface area contributed by atoms with Crippen LogP contribution >= 0.6 is 0 Å². The summed E-state index contributed by atoms with van der Waals surface area (Å²) in [7, 11) is 0. The predicted molar refractivity (Wildman–Crippen MR) is 85.1 cm³/mol. The Bertz CT molecular complexity index is 776. The average molecular weight is 291 g/mol. The first-order valence-electron chi connectivity index (χ1n) is 7.59. The number of rotatable bonds is 3. The quantitative estimate of drug-likeness (QED) is 0.803. The summed E-state index contributed by atoms with van der Waals surface area (Å²) in [6, 6.07) is 18.1. The maximum Gasteiger partial charge on any atom is 0.223 e. The van der Waals surface area contributed by atoms with Gasteiger partial charge in [-0.1, -0.05) is 42.5 Å². The molecule has 2 aromatic carbocycles. The van der Waals surface area contributed by atoms with Crippen molar-refractivity contribution >= 4 is 16.9 Å². The number of carbonyl (C=O) groups is 1. The summed E-state index contributed by atoms with van der Waals surface area (Å²) in [6.45, 7) is 0.640. The van der Waals surface area contributed by atoms with Crippen molar-refractivity contribution in [3.8, 4) is 0 Å². The van der Waals surface area contributed by atoms with Gasteiger partial charge in [0.05, 0.1) is 17.1 Å². The van der Waals surface area contributed by atoms with E-state index in [-0.39, 0.29) is 11.9 Å². The lowest BCUT2D eigenvalue weighted by atomic mass is 10.2. The minimum absolute atomic E-state index is 0.0418. The van der Waals surface area contributed by atoms with E-state index in [9.17, 15) is 4.79 Å². The highest BCUT2D eigenvalue weighted by atomic mass is 16.2. The van der Waals surface area contributed by atoms with Crippen molar-refractivity contribution in [1.82, 2.24) is 14.9 Å². The number of fused-ring (bicyclic) bond motifs is 1.